The summed E-state index contributed by atoms with van der Waals surface area (Å²) in [5, 5.41) is 14.1. The molecule has 0 fully saturated rings. The molecule has 1 aliphatic carbocycles. The van der Waals surface area contributed by atoms with E-state index in [0.717, 1.165) is 25.1 Å². The molecule has 0 bridgehead atoms. The van der Waals surface area contributed by atoms with Crippen LogP contribution in [-0.2, 0) is 6.42 Å². The lowest BCUT2D eigenvalue weighted by molar-refractivity contribution is -0.413. The summed E-state index contributed by atoms with van der Waals surface area (Å²) in [5.41, 5.74) is 2.78. The molecule has 0 saturated carbocycles. The average Bonchev–Trinajstić information content (AvgIpc) is 2.48. The monoisotopic (exact) mass is 270 g/mol. The Morgan fingerprint density at radius 2 is 2.10 bits per heavy atom. The highest BCUT2D eigenvalue weighted by atomic mass is 16.6. The lowest BCUT2D eigenvalue weighted by Gasteiger charge is -2.22. The van der Waals surface area contributed by atoms with E-state index >= 15 is 0 Å². The van der Waals surface area contributed by atoms with Gasteiger partial charge in [-0.3, -0.25) is 15.4 Å². The molecule has 0 radical (unpaired) electrons. The van der Waals surface area contributed by atoms with Crippen LogP contribution in [0.1, 0.15) is 30.0 Å². The first-order valence-electron chi connectivity index (χ1n) is 6.74. The fourth-order valence-corrected chi connectivity index (χ4v) is 2.71. The van der Waals surface area contributed by atoms with E-state index < -0.39 is 4.92 Å². The third kappa shape index (κ3) is 2.47. The molecule has 1 atom stereocenters. The first kappa shape index (κ1) is 12.6. The standard InChI is InChI=1S/C15H15N3O2/c19-18(20)12-8-9-15(16-10-12)17-14-7-3-5-11-4-1-2-6-13(11)14/h1-2,4,6,8-10,14H,3,5,7H2,(H,16,17)/p+1. The van der Waals surface area contributed by atoms with E-state index in [1.54, 1.807) is 6.07 Å². The molecule has 0 saturated heterocycles. The lowest BCUT2D eigenvalue weighted by atomic mass is 9.88. The summed E-state index contributed by atoms with van der Waals surface area (Å²) in [6, 6.07) is 11.9. The van der Waals surface area contributed by atoms with Crippen molar-refractivity contribution in [2.75, 3.05) is 5.32 Å². The number of hydrogen-bond donors (Lipinski definition) is 1. The normalized spacial score (nSPS) is 17.3. The van der Waals surface area contributed by atoms with E-state index in [1.807, 2.05) is 0 Å². The zero-order valence-corrected chi connectivity index (χ0v) is 11.0. The summed E-state index contributed by atoms with van der Waals surface area (Å²) in [4.78, 5) is 13.2. The zero-order valence-electron chi connectivity index (χ0n) is 11.0. The molecule has 3 rings (SSSR count). The van der Waals surface area contributed by atoms with Crippen LogP contribution in [0.4, 0.5) is 11.5 Å². The van der Waals surface area contributed by atoms with Crippen molar-refractivity contribution in [2.24, 2.45) is 0 Å². The van der Waals surface area contributed by atoms with Gasteiger partial charge in [0.2, 0.25) is 0 Å². The predicted octanol–water partition coefficient (Wildman–Crippen LogP) is 2.90. The van der Waals surface area contributed by atoms with Crippen molar-refractivity contribution < 1.29 is 9.91 Å². The van der Waals surface area contributed by atoms with Crippen molar-refractivity contribution in [3.63, 3.8) is 0 Å². The molecule has 2 aromatic rings. The van der Waals surface area contributed by atoms with E-state index in [0.29, 0.717) is 0 Å². The highest BCUT2D eigenvalue weighted by Crippen LogP contribution is 2.31. The Morgan fingerprint density at radius 3 is 2.85 bits per heavy atom. The van der Waals surface area contributed by atoms with Crippen LogP contribution in [-0.4, -0.2) is 4.92 Å². The summed E-state index contributed by atoms with van der Waals surface area (Å²) in [7, 11) is 0. The Bertz CT molecular complexity index is 625. The van der Waals surface area contributed by atoms with Crippen LogP contribution in [0.25, 0.3) is 0 Å². The van der Waals surface area contributed by atoms with E-state index in [4.69, 9.17) is 0 Å². The third-order valence-corrected chi connectivity index (χ3v) is 3.71. The summed E-state index contributed by atoms with van der Waals surface area (Å²) in [5.74, 6) is 0.803. The second-order valence-corrected chi connectivity index (χ2v) is 5.01. The first-order chi connectivity index (χ1) is 9.74. The smallest absolute Gasteiger partial charge is 0.268 e. The fraction of sp³-hybridized carbons (Fsp3) is 0.267. The largest absolute Gasteiger partial charge is 0.308 e. The zero-order chi connectivity index (χ0) is 13.9. The van der Waals surface area contributed by atoms with Gasteiger partial charge in [0, 0.05) is 12.1 Å². The van der Waals surface area contributed by atoms with Gasteiger partial charge in [-0.1, -0.05) is 24.3 Å². The number of aromatic nitrogens is 1. The number of nitrogens with zero attached hydrogens (tertiary/aromatic N) is 1. The molecule has 1 aromatic carbocycles. The van der Waals surface area contributed by atoms with Gasteiger partial charge in [-0.05, 0) is 30.4 Å². The molecular weight excluding hydrogens is 254 g/mol. The molecule has 0 aliphatic heterocycles. The van der Waals surface area contributed by atoms with Gasteiger partial charge in [0.05, 0.1) is 4.92 Å². The van der Waals surface area contributed by atoms with Crippen molar-refractivity contribution >= 4 is 11.5 Å². The summed E-state index contributed by atoms with van der Waals surface area (Å²) in [6.45, 7) is 0. The van der Waals surface area contributed by atoms with Crippen molar-refractivity contribution in [3.05, 3.63) is 63.8 Å². The average molecular weight is 270 g/mol. The molecule has 1 aromatic heterocycles. The summed E-state index contributed by atoms with van der Waals surface area (Å²) >= 11 is 0. The van der Waals surface area contributed by atoms with Crippen LogP contribution in [0.5, 0.6) is 0 Å². The number of fused-ring (bicyclic) bond motifs is 1. The second-order valence-electron chi connectivity index (χ2n) is 5.01. The van der Waals surface area contributed by atoms with Crippen LogP contribution in [0.2, 0.25) is 0 Å². The van der Waals surface area contributed by atoms with Crippen LogP contribution in [0.15, 0.2) is 42.6 Å². The molecule has 0 spiro atoms. The summed E-state index contributed by atoms with van der Waals surface area (Å²) in [6.07, 6.45) is 4.76. The SMILES string of the molecule is O=[N+]([O-])c1ccc(NC2CCCc3ccccc32)[nH+]c1. The maximum atomic E-state index is 10.6. The van der Waals surface area contributed by atoms with Gasteiger partial charge in [-0.2, -0.15) is 0 Å². The topological polar surface area (TPSA) is 69.3 Å². The van der Waals surface area contributed by atoms with Gasteiger partial charge in [-0.15, -0.1) is 0 Å². The third-order valence-electron chi connectivity index (χ3n) is 3.71. The Labute approximate surface area is 116 Å². The molecule has 5 heteroatoms. The number of anilines is 1. The van der Waals surface area contributed by atoms with E-state index in [9.17, 15) is 10.1 Å². The van der Waals surface area contributed by atoms with Crippen LogP contribution in [0.3, 0.4) is 0 Å². The number of H-pyrrole nitrogens is 1. The number of hydrogen-bond acceptors (Lipinski definition) is 3. The summed E-state index contributed by atoms with van der Waals surface area (Å²) < 4.78 is 0. The molecule has 2 N–H and O–H groups in total. The molecule has 5 nitrogen and oxygen atoms in total. The van der Waals surface area contributed by atoms with E-state index in [-0.39, 0.29) is 11.7 Å². The molecule has 0 amide bonds. The number of rotatable bonds is 3. The van der Waals surface area contributed by atoms with Crippen LogP contribution < -0.4 is 10.3 Å². The Morgan fingerprint density at radius 1 is 1.25 bits per heavy atom. The number of aryl methyl sites for hydroxylation is 1. The number of nitrogens with one attached hydrogen (secondary N) is 2. The van der Waals surface area contributed by atoms with E-state index in [1.165, 1.54) is 23.4 Å². The Balaban J connectivity index is 1.80. The van der Waals surface area contributed by atoms with Gasteiger partial charge in [0.15, 0.2) is 6.20 Å². The van der Waals surface area contributed by atoms with Crippen molar-refractivity contribution in [1.82, 2.24) is 0 Å². The van der Waals surface area contributed by atoms with E-state index in [2.05, 4.69) is 34.6 Å². The van der Waals surface area contributed by atoms with Gasteiger partial charge < -0.3 is 0 Å². The second kappa shape index (κ2) is 5.28. The maximum absolute atomic E-state index is 10.6. The molecule has 20 heavy (non-hydrogen) atoms. The minimum atomic E-state index is -0.407. The predicted molar refractivity (Wildman–Crippen MR) is 75.4 cm³/mol. The number of benzene rings is 1. The minimum Gasteiger partial charge on any atom is -0.268 e. The van der Waals surface area contributed by atoms with Gasteiger partial charge in [0.25, 0.3) is 5.82 Å². The molecular formula is C15H16N3O2+. The van der Waals surface area contributed by atoms with Crippen LogP contribution >= 0.6 is 0 Å². The number of nitro groups is 1. The highest BCUT2D eigenvalue weighted by Gasteiger charge is 2.23. The van der Waals surface area contributed by atoms with Gasteiger partial charge >= 0.3 is 5.69 Å². The molecule has 1 unspecified atom stereocenters. The number of pyridine rings is 1. The van der Waals surface area contributed by atoms with Crippen LogP contribution in [0, 0.1) is 10.1 Å². The van der Waals surface area contributed by atoms with Crippen molar-refractivity contribution in [2.45, 2.75) is 25.3 Å². The van der Waals surface area contributed by atoms with Gasteiger partial charge in [0.1, 0.15) is 6.04 Å². The Kier molecular flexibility index (Phi) is 3.33. The van der Waals surface area contributed by atoms with Crippen molar-refractivity contribution in [1.29, 1.82) is 0 Å². The van der Waals surface area contributed by atoms with Crippen molar-refractivity contribution in [3.8, 4) is 0 Å². The van der Waals surface area contributed by atoms with Gasteiger partial charge in [-0.25, -0.2) is 4.98 Å². The molecule has 1 aliphatic rings. The lowest BCUT2D eigenvalue weighted by Crippen LogP contribution is -2.21. The Hall–Kier alpha value is -2.43. The number of aromatic amines is 1. The first-order valence-corrected chi connectivity index (χ1v) is 6.74. The minimum absolute atomic E-state index is 0.0691. The fourth-order valence-electron chi connectivity index (χ4n) is 2.71. The highest BCUT2D eigenvalue weighted by molar-refractivity contribution is 5.41. The molecule has 102 valence electrons. The quantitative estimate of drug-likeness (QED) is 0.688. The molecule has 1 heterocycles. The maximum Gasteiger partial charge on any atom is 0.308 e.